The van der Waals surface area contributed by atoms with Gasteiger partial charge in [-0.3, -0.25) is 9.59 Å². The van der Waals surface area contributed by atoms with Crippen LogP contribution in [0, 0.1) is 0 Å². The van der Waals surface area contributed by atoms with Gasteiger partial charge in [0.15, 0.2) is 12.4 Å². The number of rotatable bonds is 46. The molecular weight excluding hydrogens is 821 g/mol. The highest BCUT2D eigenvalue weighted by Crippen LogP contribution is 2.23. The van der Waals surface area contributed by atoms with E-state index in [0.717, 1.165) is 57.8 Å². The number of allylic oxidation sites excluding steroid dienone is 6. The molecule has 0 aromatic carbocycles. The van der Waals surface area contributed by atoms with Crippen LogP contribution in [0.15, 0.2) is 36.5 Å². The Hall–Kier alpha value is -2.08. The largest absolute Gasteiger partial charge is 0.462 e. The first-order chi connectivity index (χ1) is 31.8. The van der Waals surface area contributed by atoms with Gasteiger partial charge in [0.25, 0.3) is 0 Å². The maximum Gasteiger partial charge on any atom is 0.306 e. The number of hydrogen-bond acceptors (Lipinski definition) is 10. The molecule has 65 heavy (non-hydrogen) atoms. The number of aliphatic hydroxyl groups excluding tert-OH is 4. The summed E-state index contributed by atoms with van der Waals surface area (Å²) < 4.78 is 22.3. The Bertz CT molecular complexity index is 1160. The Kier molecular flexibility index (Phi) is 42.8. The number of esters is 2. The van der Waals surface area contributed by atoms with E-state index in [1.54, 1.807) is 0 Å². The maximum absolute atomic E-state index is 12.9. The van der Waals surface area contributed by atoms with E-state index >= 15 is 0 Å². The fourth-order valence-electron chi connectivity index (χ4n) is 8.21. The molecular formula is C55H100O10. The van der Waals surface area contributed by atoms with Crippen molar-refractivity contribution in [1.29, 1.82) is 0 Å². The van der Waals surface area contributed by atoms with E-state index in [-0.39, 0.29) is 32.0 Å². The lowest BCUT2D eigenvalue weighted by molar-refractivity contribution is -0.305. The molecule has 1 rings (SSSR count). The lowest BCUT2D eigenvalue weighted by Gasteiger charge is -2.39. The van der Waals surface area contributed by atoms with Crippen molar-refractivity contribution in [3.8, 4) is 0 Å². The monoisotopic (exact) mass is 921 g/mol. The standard InChI is InChI=1S/C55H100O10/c1-3-5-7-9-11-13-15-17-19-21-22-23-24-25-26-28-30-32-34-36-38-40-42-44-51(58)64-48(47-63-55-54(61)53(60)52(59)49(45-56)65-55)46-62-50(57)43-41-39-37-35-33-31-29-27-20-18-16-14-12-10-8-6-4-2/h15,17-18,20-22,48-49,52-56,59-61H,3-14,16,19,23-47H2,1-2H3/b17-15-,20-18-,22-21-. The molecule has 10 nitrogen and oxygen atoms in total. The molecule has 0 saturated carbocycles. The molecule has 4 N–H and O–H groups in total. The van der Waals surface area contributed by atoms with Crippen molar-refractivity contribution in [1.82, 2.24) is 0 Å². The molecule has 0 bridgehead atoms. The molecule has 0 spiro atoms. The highest BCUT2D eigenvalue weighted by molar-refractivity contribution is 5.70. The zero-order chi connectivity index (χ0) is 47.3. The summed E-state index contributed by atoms with van der Waals surface area (Å²) in [4.78, 5) is 25.5. The summed E-state index contributed by atoms with van der Waals surface area (Å²) in [7, 11) is 0. The predicted octanol–water partition coefficient (Wildman–Crippen LogP) is 13.0. The fraction of sp³-hybridized carbons (Fsp3) is 0.855. The first kappa shape index (κ1) is 60.9. The summed E-state index contributed by atoms with van der Waals surface area (Å²) >= 11 is 0. The van der Waals surface area contributed by atoms with Gasteiger partial charge in [-0.1, -0.05) is 198 Å². The van der Waals surface area contributed by atoms with Crippen molar-refractivity contribution in [2.75, 3.05) is 19.8 Å². The van der Waals surface area contributed by atoms with Crippen LogP contribution in [-0.2, 0) is 28.5 Å². The minimum atomic E-state index is -1.60. The lowest BCUT2D eigenvalue weighted by Crippen LogP contribution is -2.59. The van der Waals surface area contributed by atoms with E-state index in [2.05, 4.69) is 50.3 Å². The molecule has 0 aromatic heterocycles. The molecule has 1 fully saturated rings. The molecule has 0 aromatic rings. The molecule has 1 aliphatic rings. The Morgan fingerprint density at radius 2 is 0.862 bits per heavy atom. The van der Waals surface area contributed by atoms with Gasteiger partial charge in [-0.15, -0.1) is 0 Å². The minimum absolute atomic E-state index is 0.219. The molecule has 0 aliphatic carbocycles. The van der Waals surface area contributed by atoms with E-state index in [1.165, 1.54) is 154 Å². The van der Waals surface area contributed by atoms with Crippen LogP contribution in [0.5, 0.6) is 0 Å². The quantitative estimate of drug-likeness (QED) is 0.0264. The summed E-state index contributed by atoms with van der Waals surface area (Å²) in [5, 5.41) is 40.2. The van der Waals surface area contributed by atoms with E-state index < -0.39 is 49.4 Å². The second-order valence-electron chi connectivity index (χ2n) is 18.7. The van der Waals surface area contributed by atoms with Gasteiger partial charge >= 0.3 is 11.9 Å². The number of carbonyl (C=O) groups is 2. The van der Waals surface area contributed by atoms with Gasteiger partial charge in [0, 0.05) is 12.8 Å². The van der Waals surface area contributed by atoms with Crippen molar-refractivity contribution in [3.05, 3.63) is 36.5 Å². The number of aliphatic hydroxyl groups is 4. The first-order valence-electron chi connectivity index (χ1n) is 27.1. The Morgan fingerprint density at radius 1 is 0.477 bits per heavy atom. The topological polar surface area (TPSA) is 152 Å². The van der Waals surface area contributed by atoms with Gasteiger partial charge < -0.3 is 39.4 Å². The average Bonchev–Trinajstić information content (AvgIpc) is 3.30. The number of ether oxygens (including phenoxy) is 4. The van der Waals surface area contributed by atoms with Gasteiger partial charge in [0.2, 0.25) is 0 Å². The molecule has 380 valence electrons. The third-order valence-corrected chi connectivity index (χ3v) is 12.5. The number of carbonyl (C=O) groups excluding carboxylic acids is 2. The van der Waals surface area contributed by atoms with Crippen LogP contribution in [0.4, 0.5) is 0 Å². The Labute approximate surface area is 397 Å². The highest BCUT2D eigenvalue weighted by atomic mass is 16.7. The van der Waals surface area contributed by atoms with Crippen LogP contribution in [0.2, 0.25) is 0 Å². The van der Waals surface area contributed by atoms with E-state index in [4.69, 9.17) is 18.9 Å². The summed E-state index contributed by atoms with van der Waals surface area (Å²) in [6, 6.07) is 0. The van der Waals surface area contributed by atoms with E-state index in [1.807, 2.05) is 0 Å². The molecule has 6 unspecified atom stereocenters. The number of hydrogen-bond donors (Lipinski definition) is 4. The summed E-state index contributed by atoms with van der Waals surface area (Å²) in [5.41, 5.74) is 0. The molecule has 1 heterocycles. The van der Waals surface area contributed by atoms with Crippen molar-refractivity contribution < 1.29 is 49.0 Å². The zero-order valence-electron chi connectivity index (χ0n) is 41.7. The third-order valence-electron chi connectivity index (χ3n) is 12.5. The van der Waals surface area contributed by atoms with Crippen molar-refractivity contribution >= 4 is 11.9 Å². The SMILES string of the molecule is CCCCCCC/C=C\C/C=C\CCCCCCCCCCCCCC(=O)OC(COC(=O)CCCCCCCCC/C=C\CCCCCCCC)COC1OC(CO)C(O)C(O)C1O. The lowest BCUT2D eigenvalue weighted by atomic mass is 9.99. The Balaban J connectivity index is 2.23. The van der Waals surface area contributed by atoms with Crippen LogP contribution in [-0.4, -0.2) is 89.0 Å². The highest BCUT2D eigenvalue weighted by Gasteiger charge is 2.44. The second-order valence-corrected chi connectivity index (χ2v) is 18.7. The average molecular weight is 921 g/mol. The van der Waals surface area contributed by atoms with Crippen LogP contribution in [0.3, 0.4) is 0 Å². The van der Waals surface area contributed by atoms with Gasteiger partial charge in [-0.2, -0.15) is 0 Å². The minimum Gasteiger partial charge on any atom is -0.462 e. The third kappa shape index (κ3) is 36.6. The first-order valence-corrected chi connectivity index (χ1v) is 27.1. The summed E-state index contributed by atoms with van der Waals surface area (Å²) in [6.07, 6.45) is 47.2. The molecule has 1 saturated heterocycles. The molecule has 0 radical (unpaired) electrons. The van der Waals surface area contributed by atoms with Crippen molar-refractivity contribution in [2.45, 2.75) is 282 Å². The Morgan fingerprint density at radius 3 is 1.29 bits per heavy atom. The van der Waals surface area contributed by atoms with E-state index in [0.29, 0.717) is 6.42 Å². The second kappa shape index (κ2) is 45.7. The summed E-state index contributed by atoms with van der Waals surface area (Å²) in [5.74, 6) is -0.805. The van der Waals surface area contributed by atoms with Gasteiger partial charge in [0.1, 0.15) is 31.0 Å². The van der Waals surface area contributed by atoms with Crippen LogP contribution in [0.25, 0.3) is 0 Å². The van der Waals surface area contributed by atoms with Gasteiger partial charge in [-0.25, -0.2) is 0 Å². The zero-order valence-corrected chi connectivity index (χ0v) is 41.7. The molecule has 6 atom stereocenters. The van der Waals surface area contributed by atoms with Crippen molar-refractivity contribution in [3.63, 3.8) is 0 Å². The summed E-state index contributed by atoms with van der Waals surface area (Å²) in [6.45, 7) is 3.44. The van der Waals surface area contributed by atoms with Gasteiger partial charge in [0.05, 0.1) is 13.2 Å². The van der Waals surface area contributed by atoms with Crippen LogP contribution in [0.1, 0.15) is 245 Å². The maximum atomic E-state index is 12.9. The predicted molar refractivity (Wildman–Crippen MR) is 266 cm³/mol. The molecule has 10 heteroatoms. The fourth-order valence-corrected chi connectivity index (χ4v) is 8.21. The number of unbranched alkanes of at least 4 members (excludes halogenated alkanes) is 29. The molecule has 1 aliphatic heterocycles. The van der Waals surface area contributed by atoms with Crippen molar-refractivity contribution in [2.24, 2.45) is 0 Å². The normalized spacial score (nSPS) is 19.5. The van der Waals surface area contributed by atoms with Gasteiger partial charge in [-0.05, 0) is 70.6 Å². The van der Waals surface area contributed by atoms with Crippen LogP contribution >= 0.6 is 0 Å². The van der Waals surface area contributed by atoms with E-state index in [9.17, 15) is 30.0 Å². The van der Waals surface area contributed by atoms with Crippen LogP contribution < -0.4 is 0 Å². The smallest absolute Gasteiger partial charge is 0.306 e. The molecule has 0 amide bonds.